The van der Waals surface area contributed by atoms with Crippen LogP contribution in [0.4, 0.5) is 18.9 Å². The molecule has 18 heavy (non-hydrogen) atoms. The monoisotopic (exact) mass is 252 g/mol. The van der Waals surface area contributed by atoms with Gasteiger partial charge in [0.25, 0.3) is 0 Å². The highest BCUT2D eigenvalue weighted by atomic mass is 19.2. The van der Waals surface area contributed by atoms with Crippen LogP contribution in [0.1, 0.15) is 18.5 Å². The van der Waals surface area contributed by atoms with E-state index in [4.69, 9.17) is 0 Å². The molecule has 0 saturated carbocycles. The Kier molecular flexibility index (Phi) is 3.50. The Hall–Kier alpha value is -2.04. The molecule has 2 rings (SSSR count). The van der Waals surface area contributed by atoms with Crippen molar-refractivity contribution >= 4 is 5.69 Å². The second-order valence-corrected chi connectivity index (χ2v) is 3.90. The van der Waals surface area contributed by atoms with Gasteiger partial charge in [-0.25, -0.2) is 13.2 Å². The van der Waals surface area contributed by atoms with E-state index < -0.39 is 17.5 Å². The number of aromatic nitrogens is 1. The highest BCUT2D eigenvalue weighted by Crippen LogP contribution is 2.23. The van der Waals surface area contributed by atoms with Crippen molar-refractivity contribution in [3.63, 3.8) is 0 Å². The number of pyridine rings is 1. The van der Waals surface area contributed by atoms with Gasteiger partial charge in [-0.2, -0.15) is 0 Å². The van der Waals surface area contributed by atoms with E-state index in [0.29, 0.717) is 6.07 Å². The first kappa shape index (κ1) is 12.4. The maximum absolute atomic E-state index is 13.4. The number of benzene rings is 1. The fourth-order valence-electron chi connectivity index (χ4n) is 1.61. The minimum Gasteiger partial charge on any atom is -0.376 e. The highest BCUT2D eigenvalue weighted by Gasteiger charge is 2.13. The van der Waals surface area contributed by atoms with Gasteiger partial charge in [0.15, 0.2) is 11.6 Å². The van der Waals surface area contributed by atoms with Crippen LogP contribution in [0.3, 0.4) is 0 Å². The summed E-state index contributed by atoms with van der Waals surface area (Å²) < 4.78 is 39.5. The first-order valence-electron chi connectivity index (χ1n) is 5.39. The van der Waals surface area contributed by atoms with E-state index >= 15 is 0 Å². The molecule has 0 spiro atoms. The predicted octanol–water partition coefficient (Wildman–Crippen LogP) is 3.67. The van der Waals surface area contributed by atoms with E-state index in [2.05, 4.69) is 10.3 Å². The molecular formula is C13H11F3N2. The summed E-state index contributed by atoms with van der Waals surface area (Å²) in [6.07, 6.45) is 3.21. The van der Waals surface area contributed by atoms with Crippen molar-refractivity contribution in [3.8, 4) is 0 Å². The third kappa shape index (κ3) is 2.61. The first-order chi connectivity index (χ1) is 8.58. The molecule has 5 heteroatoms. The van der Waals surface area contributed by atoms with Crippen molar-refractivity contribution in [1.82, 2.24) is 4.98 Å². The van der Waals surface area contributed by atoms with Crippen LogP contribution in [-0.4, -0.2) is 4.98 Å². The van der Waals surface area contributed by atoms with Crippen LogP contribution in [0.5, 0.6) is 0 Å². The average molecular weight is 252 g/mol. The van der Waals surface area contributed by atoms with Gasteiger partial charge in [0.1, 0.15) is 5.82 Å². The van der Waals surface area contributed by atoms with E-state index in [0.717, 1.165) is 11.6 Å². The summed E-state index contributed by atoms with van der Waals surface area (Å²) >= 11 is 0. The molecule has 0 bridgehead atoms. The molecule has 0 aliphatic rings. The van der Waals surface area contributed by atoms with Gasteiger partial charge in [-0.05, 0) is 18.6 Å². The van der Waals surface area contributed by atoms with Crippen molar-refractivity contribution in [2.45, 2.75) is 13.0 Å². The fraction of sp³-hybridized carbons (Fsp3) is 0.154. The van der Waals surface area contributed by atoms with Crippen molar-refractivity contribution in [2.75, 3.05) is 5.32 Å². The largest absolute Gasteiger partial charge is 0.376 e. The number of hydrogen-bond acceptors (Lipinski definition) is 2. The summed E-state index contributed by atoms with van der Waals surface area (Å²) in [4.78, 5) is 3.92. The van der Waals surface area contributed by atoms with E-state index in [1.54, 1.807) is 31.5 Å². The maximum Gasteiger partial charge on any atom is 0.182 e. The van der Waals surface area contributed by atoms with E-state index in [9.17, 15) is 13.2 Å². The Balaban J connectivity index is 2.24. The summed E-state index contributed by atoms with van der Waals surface area (Å²) in [7, 11) is 0. The van der Waals surface area contributed by atoms with E-state index in [1.807, 2.05) is 0 Å². The SMILES string of the molecule is CC(Nc1cc(F)cc(F)c1F)c1cccnc1. The molecule has 2 aromatic rings. The van der Waals surface area contributed by atoms with Gasteiger partial charge in [0.2, 0.25) is 0 Å². The second kappa shape index (κ2) is 5.08. The lowest BCUT2D eigenvalue weighted by atomic mass is 10.1. The smallest absolute Gasteiger partial charge is 0.182 e. The zero-order chi connectivity index (χ0) is 13.1. The lowest BCUT2D eigenvalue weighted by Crippen LogP contribution is -2.09. The van der Waals surface area contributed by atoms with Crippen molar-refractivity contribution in [1.29, 1.82) is 0 Å². The summed E-state index contributed by atoms with van der Waals surface area (Å²) in [5.74, 6) is -3.13. The molecule has 94 valence electrons. The Morgan fingerprint density at radius 2 is 2.00 bits per heavy atom. The number of rotatable bonds is 3. The van der Waals surface area contributed by atoms with Gasteiger partial charge >= 0.3 is 0 Å². The van der Waals surface area contributed by atoms with Crippen molar-refractivity contribution in [3.05, 3.63) is 59.7 Å². The van der Waals surface area contributed by atoms with E-state index in [1.165, 1.54) is 0 Å². The zero-order valence-electron chi connectivity index (χ0n) is 9.62. The van der Waals surface area contributed by atoms with Crippen LogP contribution in [-0.2, 0) is 0 Å². The lowest BCUT2D eigenvalue weighted by molar-refractivity contribution is 0.496. The van der Waals surface area contributed by atoms with Crippen LogP contribution < -0.4 is 5.32 Å². The van der Waals surface area contributed by atoms with Crippen LogP contribution in [0.2, 0.25) is 0 Å². The minimum absolute atomic E-state index is 0.205. The van der Waals surface area contributed by atoms with Crippen LogP contribution in [0.15, 0.2) is 36.7 Å². The standard InChI is InChI=1S/C13H11F3N2/c1-8(9-3-2-4-17-7-9)18-12-6-10(14)5-11(15)13(12)16/h2-8,18H,1H3. The second-order valence-electron chi connectivity index (χ2n) is 3.90. The van der Waals surface area contributed by atoms with Gasteiger partial charge < -0.3 is 5.32 Å². The molecule has 0 saturated heterocycles. The Morgan fingerprint density at radius 1 is 1.22 bits per heavy atom. The Morgan fingerprint density at radius 3 is 2.67 bits per heavy atom. The van der Waals surface area contributed by atoms with Crippen molar-refractivity contribution in [2.24, 2.45) is 0 Å². The van der Waals surface area contributed by atoms with Crippen molar-refractivity contribution < 1.29 is 13.2 Å². The molecule has 0 aliphatic heterocycles. The van der Waals surface area contributed by atoms with Crippen LogP contribution in [0.25, 0.3) is 0 Å². The molecule has 1 atom stereocenters. The number of hydrogen-bond donors (Lipinski definition) is 1. The van der Waals surface area contributed by atoms with Gasteiger partial charge in [-0.3, -0.25) is 4.98 Å². The summed E-state index contributed by atoms with van der Waals surface area (Å²) in [6, 6.07) is 4.64. The van der Waals surface area contributed by atoms with E-state index in [-0.39, 0.29) is 11.7 Å². The van der Waals surface area contributed by atoms with Gasteiger partial charge in [-0.1, -0.05) is 6.07 Å². The number of nitrogens with zero attached hydrogens (tertiary/aromatic N) is 1. The molecule has 1 aromatic heterocycles. The Labute approximate surface area is 102 Å². The fourth-order valence-corrected chi connectivity index (χ4v) is 1.61. The number of halogens is 3. The first-order valence-corrected chi connectivity index (χ1v) is 5.39. The predicted molar refractivity (Wildman–Crippen MR) is 62.6 cm³/mol. The van der Waals surface area contributed by atoms with Crippen LogP contribution in [0, 0.1) is 17.5 Å². The third-order valence-electron chi connectivity index (χ3n) is 2.55. The zero-order valence-corrected chi connectivity index (χ0v) is 9.62. The van der Waals surface area contributed by atoms with Gasteiger partial charge in [-0.15, -0.1) is 0 Å². The maximum atomic E-state index is 13.4. The molecule has 1 heterocycles. The van der Waals surface area contributed by atoms with Crippen LogP contribution >= 0.6 is 0 Å². The lowest BCUT2D eigenvalue weighted by Gasteiger charge is -2.16. The normalized spacial score (nSPS) is 12.2. The topological polar surface area (TPSA) is 24.9 Å². The molecule has 1 unspecified atom stereocenters. The molecule has 1 N–H and O–H groups in total. The number of anilines is 1. The minimum atomic E-state index is -1.21. The molecular weight excluding hydrogens is 241 g/mol. The molecule has 0 fully saturated rings. The molecule has 0 radical (unpaired) electrons. The highest BCUT2D eigenvalue weighted by molar-refractivity contribution is 5.47. The molecule has 2 nitrogen and oxygen atoms in total. The van der Waals surface area contributed by atoms with Gasteiger partial charge in [0, 0.05) is 24.5 Å². The molecule has 1 aromatic carbocycles. The average Bonchev–Trinajstić information content (AvgIpc) is 2.36. The van der Waals surface area contributed by atoms with Gasteiger partial charge in [0.05, 0.1) is 11.7 Å². The molecule has 0 aliphatic carbocycles. The number of nitrogens with one attached hydrogen (secondary N) is 1. The summed E-state index contributed by atoms with van der Waals surface area (Å²) in [6.45, 7) is 1.75. The quantitative estimate of drug-likeness (QED) is 0.843. The summed E-state index contributed by atoms with van der Waals surface area (Å²) in [5, 5.41) is 2.71. The summed E-state index contributed by atoms with van der Waals surface area (Å²) in [5.41, 5.74) is 0.588. The Bertz CT molecular complexity index is 543. The third-order valence-corrected chi connectivity index (χ3v) is 2.55. The molecule has 0 amide bonds.